The van der Waals surface area contributed by atoms with Crippen molar-refractivity contribution in [1.82, 2.24) is 10.2 Å². The fourth-order valence-corrected chi connectivity index (χ4v) is 4.34. The number of nitrogens with two attached hydrogens (primary N) is 1. The number of rotatable bonds is 7. The van der Waals surface area contributed by atoms with Gasteiger partial charge in [0.25, 0.3) is 0 Å². The van der Waals surface area contributed by atoms with Gasteiger partial charge in [-0.3, -0.25) is 0 Å². The molecule has 1 heterocycles. The van der Waals surface area contributed by atoms with Gasteiger partial charge in [0.05, 0.1) is 7.85 Å². The van der Waals surface area contributed by atoms with Crippen molar-refractivity contribution in [3.05, 3.63) is 53.1 Å². The summed E-state index contributed by atoms with van der Waals surface area (Å²) in [6.07, 6.45) is 3.48. The number of nitrogens with zero attached hydrogens (tertiary/aromatic N) is 2. The Bertz CT molecular complexity index is 918. The molecule has 27 heavy (non-hydrogen) atoms. The molecule has 0 fully saturated rings. The van der Waals surface area contributed by atoms with E-state index in [1.807, 2.05) is 6.07 Å². The molecular weight excluding hydrogens is 349 g/mol. The van der Waals surface area contributed by atoms with Crippen molar-refractivity contribution >= 4 is 24.9 Å². The number of benzene rings is 2. The summed E-state index contributed by atoms with van der Waals surface area (Å²) in [4.78, 5) is 0. The van der Waals surface area contributed by atoms with Gasteiger partial charge in [-0.05, 0) is 47.9 Å². The van der Waals surface area contributed by atoms with Crippen LogP contribution >= 0.6 is 11.3 Å². The Balaban J connectivity index is 1.94. The molecule has 5 heteroatoms. The van der Waals surface area contributed by atoms with Gasteiger partial charge in [0.2, 0.25) is 0 Å². The molecule has 2 radical (unpaired) electrons. The molecule has 2 N–H and O–H groups in total. The Morgan fingerprint density at radius 3 is 2.52 bits per heavy atom. The molecule has 3 aromatic rings. The number of aryl methyl sites for hydroxylation is 1. The Hall–Kier alpha value is -2.14. The third-order valence-corrected chi connectivity index (χ3v) is 5.72. The summed E-state index contributed by atoms with van der Waals surface area (Å²) in [6.45, 7) is 6.58. The van der Waals surface area contributed by atoms with Crippen LogP contribution in [-0.4, -0.2) is 18.0 Å². The summed E-state index contributed by atoms with van der Waals surface area (Å²) in [6, 6.07) is 12.6. The van der Waals surface area contributed by atoms with Crippen LogP contribution in [0.3, 0.4) is 0 Å². The van der Waals surface area contributed by atoms with Crippen molar-refractivity contribution in [1.29, 1.82) is 0 Å². The van der Waals surface area contributed by atoms with Crippen LogP contribution in [-0.2, 0) is 19.3 Å². The van der Waals surface area contributed by atoms with E-state index in [1.165, 1.54) is 16.7 Å². The van der Waals surface area contributed by atoms with E-state index in [4.69, 9.17) is 13.6 Å². The molecule has 2 aromatic carbocycles. The highest BCUT2D eigenvalue weighted by Crippen LogP contribution is 2.34. The quantitative estimate of drug-likeness (QED) is 0.448. The fourth-order valence-electron chi connectivity index (χ4n) is 3.44. The topological polar surface area (TPSA) is 51.8 Å². The number of aromatic nitrogens is 2. The smallest absolute Gasteiger partial charge is 0.148 e. The minimum absolute atomic E-state index is 0.583. The predicted octanol–water partition coefficient (Wildman–Crippen LogP) is 5.34. The largest absolute Gasteiger partial charge is 0.398 e. The normalized spacial score (nSPS) is 11.3. The first kappa shape index (κ1) is 19.6. The lowest BCUT2D eigenvalue weighted by atomic mass is 9.91. The van der Waals surface area contributed by atoms with Crippen LogP contribution in [0.15, 0.2) is 36.4 Å². The van der Waals surface area contributed by atoms with E-state index in [1.54, 1.807) is 11.3 Å². The Morgan fingerprint density at radius 2 is 1.85 bits per heavy atom. The molecule has 138 valence electrons. The second-order valence-electron chi connectivity index (χ2n) is 7.26. The van der Waals surface area contributed by atoms with Crippen LogP contribution in [0, 0.1) is 5.92 Å². The van der Waals surface area contributed by atoms with Crippen molar-refractivity contribution < 1.29 is 0 Å². The number of anilines is 1. The molecule has 0 spiro atoms. The first-order valence-corrected chi connectivity index (χ1v) is 10.4. The van der Waals surface area contributed by atoms with E-state index in [-0.39, 0.29) is 0 Å². The van der Waals surface area contributed by atoms with E-state index >= 15 is 0 Å². The number of hydrogen-bond donors (Lipinski definition) is 1. The molecule has 0 aliphatic rings. The van der Waals surface area contributed by atoms with Gasteiger partial charge in [0.15, 0.2) is 0 Å². The Kier molecular flexibility index (Phi) is 6.32. The molecule has 3 rings (SSSR count). The van der Waals surface area contributed by atoms with Gasteiger partial charge in [-0.1, -0.05) is 68.8 Å². The summed E-state index contributed by atoms with van der Waals surface area (Å²) in [5, 5.41) is 10.8. The van der Waals surface area contributed by atoms with Gasteiger partial charge in [-0.2, -0.15) is 0 Å². The lowest BCUT2D eigenvalue weighted by Crippen LogP contribution is -1.99. The summed E-state index contributed by atoms with van der Waals surface area (Å²) in [7, 11) is 5.77. The molecule has 0 unspecified atom stereocenters. The highest BCUT2D eigenvalue weighted by atomic mass is 32.1. The minimum atomic E-state index is 0.583. The zero-order valence-corrected chi connectivity index (χ0v) is 17.1. The van der Waals surface area contributed by atoms with Crippen LogP contribution in [0.1, 0.15) is 37.5 Å². The standard InChI is InChI=1S/C22H26BN3S/c1-4-18-15(10-11-23)6-5-7-19(18)22-26-25-21(27-22)17-9-8-16(12-14(2)3)20(24)13-17/h5-9,13-14H,4,10-12,24H2,1-3H3. The van der Waals surface area contributed by atoms with E-state index < -0.39 is 0 Å². The Labute approximate surface area is 167 Å². The molecule has 0 aliphatic heterocycles. The van der Waals surface area contributed by atoms with Crippen molar-refractivity contribution in [3.8, 4) is 21.1 Å². The first-order chi connectivity index (χ1) is 13.0. The Morgan fingerprint density at radius 1 is 1.07 bits per heavy atom. The highest BCUT2D eigenvalue weighted by molar-refractivity contribution is 7.17. The van der Waals surface area contributed by atoms with Gasteiger partial charge in [-0.25, -0.2) is 0 Å². The monoisotopic (exact) mass is 375 g/mol. The van der Waals surface area contributed by atoms with Crippen LogP contribution in [0.25, 0.3) is 21.1 Å². The SMILES string of the molecule is [B]CCc1cccc(-c2nnc(-c3ccc(CC(C)C)c(N)c3)s2)c1CC. The van der Waals surface area contributed by atoms with Crippen LogP contribution < -0.4 is 5.73 Å². The molecule has 0 aliphatic carbocycles. The summed E-state index contributed by atoms with van der Waals surface area (Å²) in [5.74, 6) is 0.583. The summed E-state index contributed by atoms with van der Waals surface area (Å²) >= 11 is 1.61. The van der Waals surface area contributed by atoms with Crippen molar-refractivity contribution in [2.75, 3.05) is 5.73 Å². The zero-order chi connectivity index (χ0) is 19.4. The average molecular weight is 375 g/mol. The lowest BCUT2D eigenvalue weighted by Gasteiger charge is -2.11. The second kappa shape index (κ2) is 8.70. The van der Waals surface area contributed by atoms with Crippen molar-refractivity contribution in [2.45, 2.75) is 46.4 Å². The van der Waals surface area contributed by atoms with E-state index in [0.29, 0.717) is 12.2 Å². The summed E-state index contributed by atoms with van der Waals surface area (Å²) in [5.41, 5.74) is 13.1. The van der Waals surface area contributed by atoms with Gasteiger partial charge in [0.1, 0.15) is 10.0 Å². The third-order valence-electron chi connectivity index (χ3n) is 4.72. The van der Waals surface area contributed by atoms with Crippen LogP contribution in [0.2, 0.25) is 6.32 Å². The summed E-state index contributed by atoms with van der Waals surface area (Å²) < 4.78 is 0. The molecule has 0 amide bonds. The van der Waals surface area contributed by atoms with Crippen molar-refractivity contribution in [3.63, 3.8) is 0 Å². The maximum atomic E-state index is 6.27. The van der Waals surface area contributed by atoms with Gasteiger partial charge in [-0.15, -0.1) is 10.2 Å². The zero-order valence-electron chi connectivity index (χ0n) is 16.3. The van der Waals surface area contributed by atoms with Gasteiger partial charge >= 0.3 is 0 Å². The van der Waals surface area contributed by atoms with E-state index in [9.17, 15) is 0 Å². The third kappa shape index (κ3) is 4.41. The maximum absolute atomic E-state index is 6.27. The highest BCUT2D eigenvalue weighted by Gasteiger charge is 2.14. The predicted molar refractivity (Wildman–Crippen MR) is 117 cm³/mol. The molecule has 3 nitrogen and oxygen atoms in total. The maximum Gasteiger partial charge on any atom is 0.148 e. The number of nitrogen functional groups attached to an aromatic ring is 1. The van der Waals surface area contributed by atoms with Gasteiger partial charge in [0, 0.05) is 16.8 Å². The number of hydrogen-bond acceptors (Lipinski definition) is 4. The molecule has 0 bridgehead atoms. The molecule has 0 saturated heterocycles. The lowest BCUT2D eigenvalue weighted by molar-refractivity contribution is 0.648. The fraction of sp³-hybridized carbons (Fsp3) is 0.364. The van der Waals surface area contributed by atoms with Crippen molar-refractivity contribution in [2.24, 2.45) is 5.92 Å². The van der Waals surface area contributed by atoms with E-state index in [0.717, 1.165) is 46.1 Å². The molecule has 0 atom stereocenters. The van der Waals surface area contributed by atoms with Crippen LogP contribution in [0.4, 0.5) is 5.69 Å². The second-order valence-corrected chi connectivity index (χ2v) is 8.24. The molecule has 0 saturated carbocycles. The average Bonchev–Trinajstić information content (AvgIpc) is 3.13. The minimum Gasteiger partial charge on any atom is -0.398 e. The van der Waals surface area contributed by atoms with Crippen LogP contribution in [0.5, 0.6) is 0 Å². The molecule has 1 aromatic heterocycles. The first-order valence-electron chi connectivity index (χ1n) is 9.57. The van der Waals surface area contributed by atoms with Gasteiger partial charge < -0.3 is 5.73 Å². The van der Waals surface area contributed by atoms with E-state index in [2.05, 4.69) is 61.3 Å². The molecular formula is C22H26BN3S.